The Bertz CT molecular complexity index is 738. The SMILES string of the molecule is Cc1cc(C(=O)N2CC[C@H]3OCc4cnnn4[C@@H]3C2)nc(C)n1. The van der Waals surface area contributed by atoms with Gasteiger partial charge in [0.2, 0.25) is 0 Å². The third-order valence-corrected chi connectivity index (χ3v) is 4.40. The number of nitrogens with zero attached hydrogens (tertiary/aromatic N) is 6. The van der Waals surface area contributed by atoms with E-state index in [1.807, 2.05) is 16.5 Å². The van der Waals surface area contributed by atoms with Crippen LogP contribution in [0.3, 0.4) is 0 Å². The molecule has 0 unspecified atom stereocenters. The fourth-order valence-corrected chi connectivity index (χ4v) is 3.35. The van der Waals surface area contributed by atoms with Gasteiger partial charge in [-0.05, 0) is 26.3 Å². The highest BCUT2D eigenvalue weighted by Crippen LogP contribution is 2.30. The van der Waals surface area contributed by atoms with Crippen LogP contribution in [-0.2, 0) is 11.3 Å². The number of carbonyl (C=O) groups is 1. The first-order valence-electron chi connectivity index (χ1n) is 7.74. The van der Waals surface area contributed by atoms with Crippen LogP contribution in [0.5, 0.6) is 0 Å². The average Bonchev–Trinajstić information content (AvgIpc) is 3.01. The van der Waals surface area contributed by atoms with E-state index in [1.165, 1.54) is 0 Å². The topological polar surface area (TPSA) is 86.0 Å². The van der Waals surface area contributed by atoms with Crippen LogP contribution in [0.1, 0.15) is 40.2 Å². The van der Waals surface area contributed by atoms with Gasteiger partial charge in [-0.15, -0.1) is 5.10 Å². The first kappa shape index (κ1) is 14.3. The molecule has 0 aliphatic carbocycles. The molecule has 4 heterocycles. The van der Waals surface area contributed by atoms with Crippen molar-refractivity contribution in [3.8, 4) is 0 Å². The number of piperidine rings is 1. The third-order valence-electron chi connectivity index (χ3n) is 4.40. The van der Waals surface area contributed by atoms with Crippen molar-refractivity contribution in [3.63, 3.8) is 0 Å². The van der Waals surface area contributed by atoms with Gasteiger partial charge in [0.1, 0.15) is 11.5 Å². The second-order valence-corrected chi connectivity index (χ2v) is 6.07. The van der Waals surface area contributed by atoms with E-state index in [1.54, 1.807) is 19.2 Å². The van der Waals surface area contributed by atoms with E-state index < -0.39 is 0 Å². The first-order valence-corrected chi connectivity index (χ1v) is 7.74. The maximum absolute atomic E-state index is 12.8. The van der Waals surface area contributed by atoms with Crippen LogP contribution < -0.4 is 0 Å². The van der Waals surface area contributed by atoms with Crippen molar-refractivity contribution in [1.29, 1.82) is 0 Å². The summed E-state index contributed by atoms with van der Waals surface area (Å²) in [4.78, 5) is 23.1. The molecule has 2 aromatic heterocycles. The van der Waals surface area contributed by atoms with E-state index in [0.717, 1.165) is 17.8 Å². The number of amides is 1. The second kappa shape index (κ2) is 5.38. The molecule has 2 aliphatic rings. The van der Waals surface area contributed by atoms with Crippen molar-refractivity contribution in [2.75, 3.05) is 13.1 Å². The quantitative estimate of drug-likeness (QED) is 0.769. The van der Waals surface area contributed by atoms with Gasteiger partial charge in [0.05, 0.1) is 30.6 Å². The Hall–Kier alpha value is -2.35. The van der Waals surface area contributed by atoms with Crippen LogP contribution in [0.2, 0.25) is 0 Å². The molecule has 2 aromatic rings. The summed E-state index contributed by atoms with van der Waals surface area (Å²) in [7, 11) is 0. The molecule has 1 amide bonds. The number of ether oxygens (including phenoxy) is 1. The molecule has 23 heavy (non-hydrogen) atoms. The predicted octanol–water partition coefficient (Wildman–Crippen LogP) is 0.671. The van der Waals surface area contributed by atoms with Crippen LogP contribution >= 0.6 is 0 Å². The first-order chi connectivity index (χ1) is 11.1. The maximum Gasteiger partial charge on any atom is 0.272 e. The van der Waals surface area contributed by atoms with Crippen LogP contribution in [-0.4, -0.2) is 55.0 Å². The summed E-state index contributed by atoms with van der Waals surface area (Å²) in [5, 5.41) is 8.11. The van der Waals surface area contributed by atoms with Gasteiger partial charge in [0, 0.05) is 18.8 Å². The molecule has 2 atom stereocenters. The number of carbonyl (C=O) groups excluding carboxylic acids is 1. The maximum atomic E-state index is 12.8. The highest BCUT2D eigenvalue weighted by molar-refractivity contribution is 5.92. The normalized spacial score (nSPS) is 23.3. The Morgan fingerprint density at radius 3 is 3.04 bits per heavy atom. The van der Waals surface area contributed by atoms with Gasteiger partial charge in [0.15, 0.2) is 0 Å². The van der Waals surface area contributed by atoms with Gasteiger partial charge in [0.25, 0.3) is 5.91 Å². The minimum Gasteiger partial charge on any atom is -0.370 e. The van der Waals surface area contributed by atoms with Crippen molar-refractivity contribution in [2.45, 2.75) is 39.0 Å². The molecule has 4 rings (SSSR count). The number of aryl methyl sites for hydroxylation is 2. The zero-order valence-corrected chi connectivity index (χ0v) is 13.1. The molecule has 0 radical (unpaired) electrons. The lowest BCUT2D eigenvalue weighted by molar-refractivity contribution is -0.0605. The third kappa shape index (κ3) is 2.48. The summed E-state index contributed by atoms with van der Waals surface area (Å²) in [5.41, 5.74) is 2.20. The molecule has 0 saturated carbocycles. The molecular weight excluding hydrogens is 296 g/mol. The van der Waals surface area contributed by atoms with Gasteiger partial charge >= 0.3 is 0 Å². The molecule has 0 spiro atoms. The molecule has 1 saturated heterocycles. The van der Waals surface area contributed by atoms with E-state index in [4.69, 9.17) is 4.74 Å². The van der Waals surface area contributed by atoms with Crippen molar-refractivity contribution in [1.82, 2.24) is 29.9 Å². The zero-order valence-electron chi connectivity index (χ0n) is 13.1. The van der Waals surface area contributed by atoms with Gasteiger partial charge < -0.3 is 9.64 Å². The largest absolute Gasteiger partial charge is 0.370 e. The lowest BCUT2D eigenvalue weighted by Crippen LogP contribution is -2.50. The molecule has 8 nitrogen and oxygen atoms in total. The summed E-state index contributed by atoms with van der Waals surface area (Å²) < 4.78 is 7.77. The summed E-state index contributed by atoms with van der Waals surface area (Å²) in [6.07, 6.45) is 2.59. The Kier molecular flexibility index (Phi) is 3.33. The average molecular weight is 314 g/mol. The number of rotatable bonds is 1. The minimum atomic E-state index is -0.0655. The Balaban J connectivity index is 1.59. The summed E-state index contributed by atoms with van der Waals surface area (Å²) in [6.45, 7) is 5.42. The standard InChI is InChI=1S/C15H18N6O2/c1-9-5-12(18-10(2)17-9)15(22)20-4-3-14-13(7-20)21-11(8-23-14)6-16-19-21/h5-6,13-14H,3-4,7-8H2,1-2H3/t13-,14-/m1/s1. The fraction of sp³-hybridized carbons (Fsp3) is 0.533. The minimum absolute atomic E-state index is 0.0166. The number of hydrogen-bond donors (Lipinski definition) is 0. The van der Waals surface area contributed by atoms with Crippen molar-refractivity contribution < 1.29 is 9.53 Å². The Morgan fingerprint density at radius 1 is 1.35 bits per heavy atom. The predicted molar refractivity (Wildman–Crippen MR) is 79.7 cm³/mol. The molecule has 8 heteroatoms. The lowest BCUT2D eigenvalue weighted by Gasteiger charge is -2.40. The second-order valence-electron chi connectivity index (χ2n) is 6.07. The fourth-order valence-electron chi connectivity index (χ4n) is 3.35. The van der Waals surface area contributed by atoms with Crippen molar-refractivity contribution in [3.05, 3.63) is 35.2 Å². The molecular formula is C15H18N6O2. The summed E-state index contributed by atoms with van der Waals surface area (Å²) in [6, 6.07) is 1.75. The molecule has 2 aliphatic heterocycles. The van der Waals surface area contributed by atoms with E-state index in [9.17, 15) is 4.79 Å². The lowest BCUT2D eigenvalue weighted by atomic mass is 10.00. The van der Waals surface area contributed by atoms with Crippen molar-refractivity contribution >= 4 is 5.91 Å². The molecule has 0 bridgehead atoms. The molecule has 0 aromatic carbocycles. The smallest absolute Gasteiger partial charge is 0.272 e. The number of hydrogen-bond acceptors (Lipinski definition) is 6. The number of fused-ring (bicyclic) bond motifs is 3. The Morgan fingerprint density at radius 2 is 2.22 bits per heavy atom. The number of likely N-dealkylation sites (tertiary alicyclic amines) is 1. The van der Waals surface area contributed by atoms with Crippen LogP contribution in [0.25, 0.3) is 0 Å². The van der Waals surface area contributed by atoms with E-state index >= 15 is 0 Å². The molecule has 0 N–H and O–H groups in total. The highest BCUT2D eigenvalue weighted by Gasteiger charge is 2.38. The van der Waals surface area contributed by atoms with Crippen LogP contribution in [0, 0.1) is 13.8 Å². The van der Waals surface area contributed by atoms with Crippen LogP contribution in [0.4, 0.5) is 0 Å². The van der Waals surface area contributed by atoms with Crippen molar-refractivity contribution in [2.24, 2.45) is 0 Å². The van der Waals surface area contributed by atoms with Gasteiger partial charge in [-0.3, -0.25) is 4.79 Å². The monoisotopic (exact) mass is 314 g/mol. The van der Waals surface area contributed by atoms with Gasteiger partial charge in [-0.2, -0.15) is 0 Å². The highest BCUT2D eigenvalue weighted by atomic mass is 16.5. The zero-order chi connectivity index (χ0) is 16.0. The summed E-state index contributed by atoms with van der Waals surface area (Å²) in [5.74, 6) is 0.548. The van der Waals surface area contributed by atoms with E-state index in [0.29, 0.717) is 31.2 Å². The number of aromatic nitrogens is 5. The van der Waals surface area contributed by atoms with E-state index in [-0.39, 0.29) is 18.1 Å². The van der Waals surface area contributed by atoms with Gasteiger partial charge in [-0.1, -0.05) is 5.21 Å². The molecule has 1 fully saturated rings. The summed E-state index contributed by atoms with van der Waals surface area (Å²) >= 11 is 0. The molecule has 120 valence electrons. The van der Waals surface area contributed by atoms with Crippen LogP contribution in [0.15, 0.2) is 12.3 Å². The van der Waals surface area contributed by atoms with E-state index in [2.05, 4.69) is 20.3 Å². The Labute approximate surface area is 133 Å². The van der Waals surface area contributed by atoms with Gasteiger partial charge in [-0.25, -0.2) is 14.6 Å².